The van der Waals surface area contributed by atoms with Gasteiger partial charge in [-0.1, -0.05) is 12.1 Å². The Labute approximate surface area is 178 Å². The third-order valence-corrected chi connectivity index (χ3v) is 4.34. The lowest BCUT2D eigenvalue weighted by Gasteiger charge is -2.25. The van der Waals surface area contributed by atoms with Crippen molar-refractivity contribution in [3.63, 3.8) is 0 Å². The van der Waals surface area contributed by atoms with Gasteiger partial charge in [0.25, 0.3) is 0 Å². The molecule has 0 heterocycles. The molecule has 0 saturated carbocycles. The average Bonchev–Trinajstić information content (AvgIpc) is 2.70. The highest BCUT2D eigenvalue weighted by molar-refractivity contribution is 5.94. The Bertz CT molecular complexity index is 784. The number of rotatable bonds is 11. The number of carbonyl (C=O) groups excluding carboxylic acids is 3. The van der Waals surface area contributed by atoms with Crippen molar-refractivity contribution >= 4 is 23.7 Å². The maximum Gasteiger partial charge on any atom is 0.328 e. The van der Waals surface area contributed by atoms with E-state index in [1.165, 1.54) is 26.0 Å². The zero-order chi connectivity index (χ0) is 23.7. The number of aliphatic carboxylic acids is 1. The van der Waals surface area contributed by atoms with E-state index in [9.17, 15) is 29.4 Å². The lowest BCUT2D eigenvalue weighted by Crippen LogP contribution is -2.59. The summed E-state index contributed by atoms with van der Waals surface area (Å²) in [6.45, 7) is 1.66. The number of benzene rings is 1. The van der Waals surface area contributed by atoms with Crippen molar-refractivity contribution < 1.29 is 39.6 Å². The number of hydrogen-bond acceptors (Lipinski definition) is 8. The molecular weight excluding hydrogens is 412 g/mol. The summed E-state index contributed by atoms with van der Waals surface area (Å²) >= 11 is 0. The molecule has 1 rings (SSSR count). The van der Waals surface area contributed by atoms with E-state index in [0.717, 1.165) is 0 Å². The summed E-state index contributed by atoms with van der Waals surface area (Å²) in [5, 5.41) is 43.5. The standard InChI is InChI=1S/C19H28N4O8/c1-9(21-17(28)13(20)7-11-3-5-12(26)6-4-11)16(27)23-15(10(2)25)18(29)22-14(8-24)19(30)31/h3-6,9-10,13-15,24-26H,7-8,20H2,1-2H3,(H,21,28)(H,22,29)(H,23,27)(H,30,31). The Kier molecular flexibility index (Phi) is 9.86. The summed E-state index contributed by atoms with van der Waals surface area (Å²) in [5.41, 5.74) is 6.54. The van der Waals surface area contributed by atoms with Gasteiger partial charge in [0.15, 0.2) is 0 Å². The molecule has 12 heteroatoms. The summed E-state index contributed by atoms with van der Waals surface area (Å²) in [6.07, 6.45) is -1.24. The van der Waals surface area contributed by atoms with Crippen LogP contribution in [0.3, 0.4) is 0 Å². The topological polar surface area (TPSA) is 211 Å². The molecule has 31 heavy (non-hydrogen) atoms. The van der Waals surface area contributed by atoms with Gasteiger partial charge in [-0.2, -0.15) is 0 Å². The fourth-order valence-corrected chi connectivity index (χ4v) is 2.50. The first-order valence-corrected chi connectivity index (χ1v) is 9.42. The Hall–Kier alpha value is -3.22. The first-order valence-electron chi connectivity index (χ1n) is 9.42. The normalized spacial score (nSPS) is 15.6. The quantitative estimate of drug-likeness (QED) is 0.178. The Morgan fingerprint density at radius 1 is 0.968 bits per heavy atom. The third-order valence-electron chi connectivity index (χ3n) is 4.34. The second-order valence-corrected chi connectivity index (χ2v) is 7.02. The van der Waals surface area contributed by atoms with Gasteiger partial charge in [0, 0.05) is 0 Å². The molecule has 0 aliphatic rings. The van der Waals surface area contributed by atoms with Crippen LogP contribution in [0.1, 0.15) is 19.4 Å². The molecule has 0 bridgehead atoms. The SMILES string of the molecule is CC(NC(=O)C(N)Cc1ccc(O)cc1)C(=O)NC(C(=O)NC(CO)C(=O)O)C(C)O. The number of carboxylic acids is 1. The molecule has 1 aromatic rings. The molecule has 5 atom stereocenters. The van der Waals surface area contributed by atoms with Crippen LogP contribution in [0.5, 0.6) is 5.75 Å². The van der Waals surface area contributed by atoms with E-state index >= 15 is 0 Å². The average molecular weight is 440 g/mol. The number of carbonyl (C=O) groups is 4. The fraction of sp³-hybridized carbons (Fsp3) is 0.474. The Morgan fingerprint density at radius 3 is 2.03 bits per heavy atom. The summed E-state index contributed by atoms with van der Waals surface area (Å²) < 4.78 is 0. The van der Waals surface area contributed by atoms with Gasteiger partial charge in [0.05, 0.1) is 18.8 Å². The molecule has 12 nitrogen and oxygen atoms in total. The van der Waals surface area contributed by atoms with E-state index < -0.39 is 60.6 Å². The summed E-state index contributed by atoms with van der Waals surface area (Å²) in [4.78, 5) is 47.7. The van der Waals surface area contributed by atoms with E-state index in [-0.39, 0.29) is 12.2 Å². The molecule has 0 aromatic heterocycles. The molecule has 1 aromatic carbocycles. The van der Waals surface area contributed by atoms with Crippen molar-refractivity contribution in [1.29, 1.82) is 0 Å². The van der Waals surface area contributed by atoms with Gasteiger partial charge in [0.2, 0.25) is 17.7 Å². The number of hydrogen-bond donors (Lipinski definition) is 8. The van der Waals surface area contributed by atoms with Crippen LogP contribution in [-0.4, -0.2) is 81.0 Å². The molecule has 0 saturated heterocycles. The molecule has 0 aliphatic carbocycles. The Morgan fingerprint density at radius 2 is 1.55 bits per heavy atom. The van der Waals surface area contributed by atoms with Crippen molar-refractivity contribution in [1.82, 2.24) is 16.0 Å². The van der Waals surface area contributed by atoms with E-state index in [4.69, 9.17) is 15.9 Å². The molecular formula is C19H28N4O8. The highest BCUT2D eigenvalue weighted by Gasteiger charge is 2.31. The van der Waals surface area contributed by atoms with Crippen LogP contribution >= 0.6 is 0 Å². The van der Waals surface area contributed by atoms with Gasteiger partial charge >= 0.3 is 5.97 Å². The number of nitrogens with one attached hydrogen (secondary N) is 3. The first-order chi connectivity index (χ1) is 14.5. The minimum Gasteiger partial charge on any atom is -0.508 e. The van der Waals surface area contributed by atoms with Crippen molar-refractivity contribution in [2.24, 2.45) is 5.73 Å². The van der Waals surface area contributed by atoms with Crippen LogP contribution in [0.25, 0.3) is 0 Å². The number of aliphatic hydroxyl groups is 2. The van der Waals surface area contributed by atoms with Crippen LogP contribution in [0.2, 0.25) is 0 Å². The van der Waals surface area contributed by atoms with Crippen molar-refractivity contribution in [2.75, 3.05) is 6.61 Å². The van der Waals surface area contributed by atoms with E-state index in [1.54, 1.807) is 12.1 Å². The summed E-state index contributed by atoms with van der Waals surface area (Å²) in [7, 11) is 0. The number of carboxylic acid groups (broad SMARTS) is 1. The van der Waals surface area contributed by atoms with Gasteiger partial charge in [0.1, 0.15) is 23.9 Å². The number of phenols is 1. The largest absolute Gasteiger partial charge is 0.508 e. The van der Waals surface area contributed by atoms with E-state index in [2.05, 4.69) is 10.6 Å². The van der Waals surface area contributed by atoms with Crippen LogP contribution in [0, 0.1) is 0 Å². The van der Waals surface area contributed by atoms with Crippen LogP contribution < -0.4 is 21.7 Å². The number of aromatic hydroxyl groups is 1. The minimum atomic E-state index is -1.61. The van der Waals surface area contributed by atoms with Crippen LogP contribution in [0.4, 0.5) is 0 Å². The van der Waals surface area contributed by atoms with Gasteiger partial charge in [-0.25, -0.2) is 4.79 Å². The molecule has 5 unspecified atom stereocenters. The predicted molar refractivity (Wildman–Crippen MR) is 108 cm³/mol. The fourth-order valence-electron chi connectivity index (χ4n) is 2.50. The molecule has 3 amide bonds. The smallest absolute Gasteiger partial charge is 0.328 e. The Balaban J connectivity index is 2.68. The highest BCUT2D eigenvalue weighted by atomic mass is 16.4. The maximum atomic E-state index is 12.4. The van der Waals surface area contributed by atoms with Gasteiger partial charge < -0.3 is 42.1 Å². The third kappa shape index (κ3) is 8.20. The van der Waals surface area contributed by atoms with Crippen LogP contribution in [-0.2, 0) is 25.6 Å². The zero-order valence-electron chi connectivity index (χ0n) is 17.1. The minimum absolute atomic E-state index is 0.0671. The highest BCUT2D eigenvalue weighted by Crippen LogP contribution is 2.11. The van der Waals surface area contributed by atoms with E-state index in [1.807, 2.05) is 5.32 Å². The molecule has 9 N–H and O–H groups in total. The van der Waals surface area contributed by atoms with E-state index in [0.29, 0.717) is 5.56 Å². The van der Waals surface area contributed by atoms with Crippen molar-refractivity contribution in [3.05, 3.63) is 29.8 Å². The second-order valence-electron chi connectivity index (χ2n) is 7.02. The monoisotopic (exact) mass is 440 g/mol. The zero-order valence-corrected chi connectivity index (χ0v) is 17.1. The van der Waals surface area contributed by atoms with Gasteiger partial charge in [-0.05, 0) is 38.0 Å². The lowest BCUT2D eigenvalue weighted by atomic mass is 10.1. The molecule has 0 fully saturated rings. The number of amides is 3. The summed E-state index contributed by atoms with van der Waals surface area (Å²) in [5.74, 6) is -3.90. The number of aliphatic hydroxyl groups excluding tert-OH is 2. The van der Waals surface area contributed by atoms with Gasteiger partial charge in [-0.15, -0.1) is 0 Å². The maximum absolute atomic E-state index is 12.4. The van der Waals surface area contributed by atoms with Crippen molar-refractivity contribution in [3.8, 4) is 5.75 Å². The first kappa shape index (κ1) is 25.8. The number of nitrogens with two attached hydrogens (primary N) is 1. The second kappa shape index (κ2) is 11.8. The molecule has 0 spiro atoms. The number of phenolic OH excluding ortho intramolecular Hbond substituents is 1. The van der Waals surface area contributed by atoms with Crippen molar-refractivity contribution in [2.45, 2.75) is 50.5 Å². The van der Waals surface area contributed by atoms with Crippen LogP contribution in [0.15, 0.2) is 24.3 Å². The van der Waals surface area contributed by atoms with Gasteiger partial charge in [-0.3, -0.25) is 14.4 Å². The predicted octanol–water partition coefficient (Wildman–Crippen LogP) is -2.81. The molecule has 0 radical (unpaired) electrons. The lowest BCUT2D eigenvalue weighted by molar-refractivity contribution is -0.144. The summed E-state index contributed by atoms with van der Waals surface area (Å²) in [6, 6.07) is 0.845. The molecule has 172 valence electrons. The molecule has 0 aliphatic heterocycles.